The molecule has 0 radical (unpaired) electrons. The highest BCUT2D eigenvalue weighted by Crippen LogP contribution is 2.55. The van der Waals surface area contributed by atoms with Gasteiger partial charge in [-0.05, 0) is 37.5 Å². The van der Waals surface area contributed by atoms with Gasteiger partial charge in [-0.2, -0.15) is 5.26 Å². The Labute approximate surface area is 131 Å². The minimum absolute atomic E-state index is 0.114. The molecule has 5 heteroatoms. The molecule has 2 atom stereocenters. The number of nitrogens with one attached hydrogen (secondary N) is 1. The zero-order valence-corrected chi connectivity index (χ0v) is 13.0. The summed E-state index contributed by atoms with van der Waals surface area (Å²) in [5.41, 5.74) is -0.719. The number of hydrogen-bond donors (Lipinski definition) is 1. The van der Waals surface area contributed by atoms with E-state index in [1.165, 1.54) is 25.7 Å². The number of fused-ring (bicyclic) bond motifs is 1. The van der Waals surface area contributed by atoms with Crippen molar-refractivity contribution in [1.29, 1.82) is 5.26 Å². The number of rotatable bonds is 2. The smallest absolute Gasteiger partial charge is 0.224 e. The molecule has 1 heterocycles. The van der Waals surface area contributed by atoms with Gasteiger partial charge < -0.3 is 14.8 Å². The number of amides is 1. The minimum atomic E-state index is -0.719. The molecule has 3 saturated carbocycles. The molecule has 1 aliphatic heterocycles. The number of ether oxygens (including phenoxy) is 2. The fraction of sp³-hybridized carbons (Fsp3) is 0.882. The highest BCUT2D eigenvalue weighted by molar-refractivity contribution is 5.83. The fourth-order valence-electron chi connectivity index (χ4n) is 4.81. The van der Waals surface area contributed by atoms with E-state index in [0.717, 1.165) is 0 Å². The van der Waals surface area contributed by atoms with E-state index in [9.17, 15) is 10.1 Å². The van der Waals surface area contributed by atoms with Gasteiger partial charge in [0.2, 0.25) is 5.91 Å². The summed E-state index contributed by atoms with van der Waals surface area (Å²) in [5, 5.41) is 12.7. The van der Waals surface area contributed by atoms with Crippen LogP contribution in [0.1, 0.15) is 51.4 Å². The van der Waals surface area contributed by atoms with Crippen LogP contribution in [0.25, 0.3) is 0 Å². The first-order valence-electron chi connectivity index (χ1n) is 8.68. The van der Waals surface area contributed by atoms with Crippen LogP contribution in [0.5, 0.6) is 0 Å². The Balaban J connectivity index is 1.38. The Morgan fingerprint density at radius 1 is 1.05 bits per heavy atom. The third kappa shape index (κ3) is 2.33. The minimum Gasteiger partial charge on any atom is -0.348 e. The lowest BCUT2D eigenvalue weighted by atomic mass is 9.79. The van der Waals surface area contributed by atoms with Crippen molar-refractivity contribution in [2.24, 2.45) is 17.8 Å². The summed E-state index contributed by atoms with van der Waals surface area (Å²) in [6.07, 6.45) is 7.52. The van der Waals surface area contributed by atoms with Crippen molar-refractivity contribution in [1.82, 2.24) is 5.32 Å². The van der Waals surface area contributed by atoms with Gasteiger partial charge in [-0.15, -0.1) is 0 Å². The first-order chi connectivity index (χ1) is 10.7. The third-order valence-electron chi connectivity index (χ3n) is 6.21. The molecule has 1 amide bonds. The molecular formula is C17H24N2O3. The van der Waals surface area contributed by atoms with Gasteiger partial charge in [0.15, 0.2) is 5.79 Å². The van der Waals surface area contributed by atoms with E-state index in [-0.39, 0.29) is 11.8 Å². The van der Waals surface area contributed by atoms with Crippen molar-refractivity contribution < 1.29 is 14.3 Å². The first kappa shape index (κ1) is 14.5. The maximum absolute atomic E-state index is 12.6. The lowest BCUT2D eigenvalue weighted by molar-refractivity contribution is -0.183. The summed E-state index contributed by atoms with van der Waals surface area (Å²) in [5.74, 6) is 0.964. The van der Waals surface area contributed by atoms with Crippen LogP contribution >= 0.6 is 0 Å². The van der Waals surface area contributed by atoms with Gasteiger partial charge in [-0.3, -0.25) is 4.79 Å². The molecule has 0 unspecified atom stereocenters. The zero-order valence-electron chi connectivity index (χ0n) is 13.0. The average molecular weight is 304 g/mol. The summed E-state index contributed by atoms with van der Waals surface area (Å²) in [6.45, 7) is 1.27. The summed E-state index contributed by atoms with van der Waals surface area (Å²) in [7, 11) is 0. The molecule has 0 aromatic carbocycles. The quantitative estimate of drug-likeness (QED) is 0.848. The van der Waals surface area contributed by atoms with Gasteiger partial charge in [0.1, 0.15) is 5.54 Å². The summed E-state index contributed by atoms with van der Waals surface area (Å²) < 4.78 is 11.4. The zero-order chi connectivity index (χ0) is 15.2. The lowest BCUT2D eigenvalue weighted by Gasteiger charge is -2.40. The highest BCUT2D eigenvalue weighted by Gasteiger charge is 2.56. The molecule has 0 aromatic heterocycles. The molecular weight excluding hydrogens is 280 g/mol. The normalized spacial score (nSPS) is 38.0. The van der Waals surface area contributed by atoms with Gasteiger partial charge in [-0.1, -0.05) is 12.8 Å². The molecule has 0 aromatic rings. The third-order valence-corrected chi connectivity index (χ3v) is 6.21. The van der Waals surface area contributed by atoms with Crippen LogP contribution in [-0.2, 0) is 14.3 Å². The molecule has 1 N–H and O–H groups in total. The molecule has 3 aliphatic carbocycles. The van der Waals surface area contributed by atoms with Crippen LogP contribution in [0, 0.1) is 29.1 Å². The maximum Gasteiger partial charge on any atom is 0.224 e. The Morgan fingerprint density at radius 3 is 2.18 bits per heavy atom. The van der Waals surface area contributed by atoms with Gasteiger partial charge in [0, 0.05) is 18.8 Å². The molecule has 4 aliphatic rings. The Kier molecular flexibility index (Phi) is 3.43. The second-order valence-electron chi connectivity index (χ2n) is 7.43. The van der Waals surface area contributed by atoms with Crippen molar-refractivity contribution in [2.45, 2.75) is 62.7 Å². The standard InChI is InChI=1S/C17H24N2O3/c18-11-16(5-7-17(8-6-16)21-9-10-22-17)19-15(20)14-12-3-1-2-4-13(12)14/h12-14H,1-10H2,(H,19,20)/t12-,13-/m0/s1. The van der Waals surface area contributed by atoms with Crippen LogP contribution in [0.4, 0.5) is 0 Å². The van der Waals surface area contributed by atoms with Gasteiger partial charge in [0.05, 0.1) is 19.3 Å². The second-order valence-corrected chi connectivity index (χ2v) is 7.43. The topological polar surface area (TPSA) is 71.4 Å². The number of nitriles is 1. The Hall–Kier alpha value is -1.12. The molecule has 1 saturated heterocycles. The van der Waals surface area contributed by atoms with Crippen LogP contribution in [-0.4, -0.2) is 30.4 Å². The van der Waals surface area contributed by atoms with E-state index >= 15 is 0 Å². The van der Waals surface area contributed by atoms with Crippen LogP contribution in [0.3, 0.4) is 0 Å². The van der Waals surface area contributed by atoms with Crippen molar-refractivity contribution in [2.75, 3.05) is 13.2 Å². The molecule has 4 fully saturated rings. The number of hydrogen-bond acceptors (Lipinski definition) is 4. The van der Waals surface area contributed by atoms with Gasteiger partial charge in [0.25, 0.3) is 0 Å². The molecule has 4 rings (SSSR count). The predicted octanol–water partition coefficient (Wildman–Crippen LogP) is 2.12. The summed E-state index contributed by atoms with van der Waals surface area (Å²) in [4.78, 5) is 12.6. The van der Waals surface area contributed by atoms with Crippen molar-refractivity contribution in [3.8, 4) is 6.07 Å². The second kappa shape index (κ2) is 5.21. The SMILES string of the molecule is N#CC1(NC(=O)C2[C@H]3CCCC[C@H]23)CCC2(CC1)OCCO2. The molecule has 0 bridgehead atoms. The molecule has 22 heavy (non-hydrogen) atoms. The van der Waals surface area contributed by atoms with Gasteiger partial charge >= 0.3 is 0 Å². The van der Waals surface area contributed by atoms with E-state index in [0.29, 0.717) is 50.7 Å². The van der Waals surface area contributed by atoms with Crippen LogP contribution < -0.4 is 5.32 Å². The summed E-state index contributed by atoms with van der Waals surface area (Å²) >= 11 is 0. The van der Waals surface area contributed by atoms with E-state index < -0.39 is 11.3 Å². The van der Waals surface area contributed by atoms with E-state index in [1.54, 1.807) is 0 Å². The van der Waals surface area contributed by atoms with E-state index in [4.69, 9.17) is 9.47 Å². The van der Waals surface area contributed by atoms with Crippen LogP contribution in [0.15, 0.2) is 0 Å². The van der Waals surface area contributed by atoms with Crippen molar-refractivity contribution >= 4 is 5.91 Å². The first-order valence-corrected chi connectivity index (χ1v) is 8.68. The van der Waals surface area contributed by atoms with E-state index in [1.807, 2.05) is 0 Å². The molecule has 1 spiro atoms. The number of carbonyl (C=O) groups excluding carboxylic acids is 1. The maximum atomic E-state index is 12.6. The molecule has 5 nitrogen and oxygen atoms in total. The Bertz CT molecular complexity index is 485. The van der Waals surface area contributed by atoms with Crippen LogP contribution in [0.2, 0.25) is 0 Å². The average Bonchev–Trinajstić information content (AvgIpc) is 3.12. The fourth-order valence-corrected chi connectivity index (χ4v) is 4.81. The van der Waals surface area contributed by atoms with E-state index in [2.05, 4.69) is 11.4 Å². The number of nitrogens with zero attached hydrogens (tertiary/aromatic N) is 1. The Morgan fingerprint density at radius 2 is 1.64 bits per heavy atom. The monoisotopic (exact) mass is 304 g/mol. The summed E-state index contributed by atoms with van der Waals surface area (Å²) in [6, 6.07) is 2.38. The molecule has 120 valence electrons. The van der Waals surface area contributed by atoms with Gasteiger partial charge in [-0.25, -0.2) is 0 Å². The predicted molar refractivity (Wildman–Crippen MR) is 78.5 cm³/mol. The largest absolute Gasteiger partial charge is 0.348 e. The lowest BCUT2D eigenvalue weighted by Crippen LogP contribution is -2.53. The number of carbonyl (C=O) groups is 1. The van der Waals surface area contributed by atoms with Crippen molar-refractivity contribution in [3.63, 3.8) is 0 Å². The van der Waals surface area contributed by atoms with Crippen molar-refractivity contribution in [3.05, 3.63) is 0 Å². The highest BCUT2D eigenvalue weighted by atomic mass is 16.7.